The summed E-state index contributed by atoms with van der Waals surface area (Å²) >= 11 is 1.13. The number of nitrogens with zero attached hydrogens (tertiary/aromatic N) is 2. The largest absolute Gasteiger partial charge is 0.321 e. The van der Waals surface area contributed by atoms with Gasteiger partial charge in [0.2, 0.25) is 10.0 Å². The molecule has 1 saturated heterocycles. The van der Waals surface area contributed by atoms with Crippen LogP contribution in [0.2, 0.25) is 0 Å². The Morgan fingerprint density at radius 1 is 1.19 bits per heavy atom. The van der Waals surface area contributed by atoms with Crippen LogP contribution < -0.4 is 5.32 Å². The average Bonchev–Trinajstić information content (AvgIpc) is 3.44. The van der Waals surface area contributed by atoms with E-state index in [1.54, 1.807) is 17.6 Å². The summed E-state index contributed by atoms with van der Waals surface area (Å²) in [4.78, 5) is 13.0. The van der Waals surface area contributed by atoms with Crippen molar-refractivity contribution < 1.29 is 13.2 Å². The number of hydrogen-bond acceptors (Lipinski definition) is 5. The first kappa shape index (κ1) is 17.9. The molecular formula is C18H18N4O3S2. The molecule has 0 spiro atoms. The topological polar surface area (TPSA) is 95.2 Å². The van der Waals surface area contributed by atoms with Gasteiger partial charge in [-0.05, 0) is 42.5 Å². The number of H-pyrrole nitrogens is 1. The zero-order chi connectivity index (χ0) is 18.9. The highest BCUT2D eigenvalue weighted by molar-refractivity contribution is 7.89. The maximum Gasteiger partial charge on any atom is 0.267 e. The molecule has 9 heteroatoms. The Hall–Kier alpha value is -2.49. The van der Waals surface area contributed by atoms with Crippen LogP contribution >= 0.6 is 11.3 Å². The van der Waals surface area contributed by atoms with Crippen molar-refractivity contribution in [1.29, 1.82) is 0 Å². The zero-order valence-corrected chi connectivity index (χ0v) is 16.0. The van der Waals surface area contributed by atoms with E-state index in [9.17, 15) is 13.2 Å². The van der Waals surface area contributed by atoms with E-state index in [0.29, 0.717) is 18.8 Å². The van der Waals surface area contributed by atoms with Gasteiger partial charge in [-0.15, -0.1) is 11.3 Å². The molecule has 2 aromatic heterocycles. The number of anilines is 1. The fourth-order valence-electron chi connectivity index (χ4n) is 3.10. The van der Waals surface area contributed by atoms with Crippen molar-refractivity contribution in [2.45, 2.75) is 17.7 Å². The van der Waals surface area contributed by atoms with Crippen molar-refractivity contribution in [3.63, 3.8) is 0 Å². The minimum atomic E-state index is -3.64. The standard InChI is InChI=1S/C18H18N4O3S2/c23-18(20-14-5-3-4-13(12-14)15-6-8-19-21-15)17-16(7-11-26-17)27(24,25)22-9-1-2-10-22/h3-8,11-12H,1-2,9-10H2,(H,19,21)(H,20,23). The maximum atomic E-state index is 12.8. The van der Waals surface area contributed by atoms with Crippen molar-refractivity contribution in [3.05, 3.63) is 52.9 Å². The SMILES string of the molecule is O=C(Nc1cccc(-c2ccn[nH]2)c1)c1sccc1S(=O)(=O)N1CCCC1. The Morgan fingerprint density at radius 2 is 2.00 bits per heavy atom. The summed E-state index contributed by atoms with van der Waals surface area (Å²) in [6.45, 7) is 1.01. The number of rotatable bonds is 5. The fraction of sp³-hybridized carbons (Fsp3) is 0.222. The molecule has 0 unspecified atom stereocenters. The van der Waals surface area contributed by atoms with E-state index in [2.05, 4.69) is 15.5 Å². The highest BCUT2D eigenvalue weighted by atomic mass is 32.2. The number of amides is 1. The number of nitrogens with one attached hydrogen (secondary N) is 2. The molecule has 140 valence electrons. The second-order valence-electron chi connectivity index (χ2n) is 6.23. The van der Waals surface area contributed by atoms with Gasteiger partial charge in [0, 0.05) is 30.5 Å². The lowest BCUT2D eigenvalue weighted by Crippen LogP contribution is -2.29. The number of aromatic amines is 1. The molecule has 27 heavy (non-hydrogen) atoms. The minimum absolute atomic E-state index is 0.0802. The molecular weight excluding hydrogens is 384 g/mol. The molecule has 0 aliphatic carbocycles. The molecule has 0 atom stereocenters. The number of carbonyl (C=O) groups excluding carboxylic acids is 1. The molecule has 1 aliphatic rings. The molecule has 1 fully saturated rings. The summed E-state index contributed by atoms with van der Waals surface area (Å²) in [5, 5.41) is 11.2. The smallest absolute Gasteiger partial charge is 0.267 e. The van der Waals surface area contributed by atoms with E-state index in [0.717, 1.165) is 35.4 Å². The highest BCUT2D eigenvalue weighted by Crippen LogP contribution is 2.29. The summed E-state index contributed by atoms with van der Waals surface area (Å²) in [5.74, 6) is -0.426. The van der Waals surface area contributed by atoms with Crippen LogP contribution in [0.5, 0.6) is 0 Å². The van der Waals surface area contributed by atoms with Gasteiger partial charge in [0.25, 0.3) is 5.91 Å². The van der Waals surface area contributed by atoms with E-state index in [1.807, 2.05) is 24.3 Å². The fourth-order valence-corrected chi connectivity index (χ4v) is 5.92. The lowest BCUT2D eigenvalue weighted by molar-refractivity contribution is 0.102. The first-order valence-corrected chi connectivity index (χ1v) is 10.9. The van der Waals surface area contributed by atoms with Gasteiger partial charge in [-0.25, -0.2) is 8.42 Å². The first-order valence-electron chi connectivity index (χ1n) is 8.54. The van der Waals surface area contributed by atoms with Crippen molar-refractivity contribution in [3.8, 4) is 11.3 Å². The summed E-state index contributed by atoms with van der Waals surface area (Å²) in [7, 11) is -3.64. The van der Waals surface area contributed by atoms with Crippen LogP contribution in [0.1, 0.15) is 22.5 Å². The van der Waals surface area contributed by atoms with Gasteiger partial charge in [-0.1, -0.05) is 12.1 Å². The lowest BCUT2D eigenvalue weighted by Gasteiger charge is -2.15. The molecule has 0 bridgehead atoms. The maximum absolute atomic E-state index is 12.8. The van der Waals surface area contributed by atoms with Crippen LogP contribution in [0.25, 0.3) is 11.3 Å². The average molecular weight is 403 g/mol. The van der Waals surface area contributed by atoms with Crippen LogP contribution in [-0.4, -0.2) is 41.9 Å². The van der Waals surface area contributed by atoms with Gasteiger partial charge in [0.1, 0.15) is 9.77 Å². The number of hydrogen-bond donors (Lipinski definition) is 2. The van der Waals surface area contributed by atoms with E-state index in [-0.39, 0.29) is 9.77 Å². The number of thiophene rings is 1. The van der Waals surface area contributed by atoms with Gasteiger partial charge in [-0.3, -0.25) is 9.89 Å². The number of benzene rings is 1. The molecule has 7 nitrogen and oxygen atoms in total. The monoisotopic (exact) mass is 402 g/mol. The van der Waals surface area contributed by atoms with Crippen LogP contribution in [0.4, 0.5) is 5.69 Å². The zero-order valence-electron chi connectivity index (χ0n) is 14.4. The van der Waals surface area contributed by atoms with Crippen molar-refractivity contribution in [2.75, 3.05) is 18.4 Å². The van der Waals surface area contributed by atoms with Crippen LogP contribution in [-0.2, 0) is 10.0 Å². The molecule has 0 saturated carbocycles. The summed E-state index contributed by atoms with van der Waals surface area (Å²) < 4.78 is 27.1. The molecule has 2 N–H and O–H groups in total. The Kier molecular flexibility index (Phi) is 4.81. The van der Waals surface area contributed by atoms with Gasteiger partial charge in [-0.2, -0.15) is 9.40 Å². The first-order chi connectivity index (χ1) is 13.1. The molecule has 1 aliphatic heterocycles. The third kappa shape index (κ3) is 3.53. The van der Waals surface area contributed by atoms with Crippen molar-refractivity contribution in [1.82, 2.24) is 14.5 Å². The van der Waals surface area contributed by atoms with Crippen LogP contribution in [0, 0.1) is 0 Å². The quantitative estimate of drug-likeness (QED) is 0.685. The summed E-state index contributed by atoms with van der Waals surface area (Å²) in [6, 6.07) is 10.6. The molecule has 3 heterocycles. The number of sulfonamides is 1. The summed E-state index contributed by atoms with van der Waals surface area (Å²) in [6.07, 6.45) is 3.36. The Morgan fingerprint density at radius 3 is 2.74 bits per heavy atom. The van der Waals surface area contributed by atoms with Gasteiger partial charge in [0.05, 0.1) is 5.69 Å². The third-order valence-corrected chi connectivity index (χ3v) is 7.43. The Balaban J connectivity index is 1.58. The molecule has 1 aromatic carbocycles. The van der Waals surface area contributed by atoms with E-state index in [1.165, 1.54) is 10.4 Å². The second-order valence-corrected chi connectivity index (χ2v) is 9.05. The van der Waals surface area contributed by atoms with E-state index < -0.39 is 15.9 Å². The second kappa shape index (κ2) is 7.26. The van der Waals surface area contributed by atoms with Gasteiger partial charge < -0.3 is 5.32 Å². The van der Waals surface area contributed by atoms with Crippen LogP contribution in [0.15, 0.2) is 52.9 Å². The number of aromatic nitrogens is 2. The van der Waals surface area contributed by atoms with Crippen molar-refractivity contribution in [2.24, 2.45) is 0 Å². The molecule has 1 amide bonds. The normalized spacial score (nSPS) is 15.1. The Bertz CT molecular complexity index is 1050. The molecule has 3 aromatic rings. The molecule has 0 radical (unpaired) electrons. The lowest BCUT2D eigenvalue weighted by atomic mass is 10.1. The van der Waals surface area contributed by atoms with Crippen LogP contribution in [0.3, 0.4) is 0 Å². The van der Waals surface area contributed by atoms with Crippen molar-refractivity contribution >= 4 is 33.0 Å². The summed E-state index contributed by atoms with van der Waals surface area (Å²) in [5.41, 5.74) is 2.30. The van der Waals surface area contributed by atoms with E-state index in [4.69, 9.17) is 0 Å². The van der Waals surface area contributed by atoms with E-state index >= 15 is 0 Å². The predicted octanol–water partition coefficient (Wildman–Crippen LogP) is 3.18. The molecule has 4 rings (SSSR count). The minimum Gasteiger partial charge on any atom is -0.321 e. The highest BCUT2D eigenvalue weighted by Gasteiger charge is 2.31. The predicted molar refractivity (Wildman–Crippen MR) is 104 cm³/mol. The van der Waals surface area contributed by atoms with Gasteiger partial charge >= 0.3 is 0 Å². The Labute approximate surface area is 161 Å². The van der Waals surface area contributed by atoms with Gasteiger partial charge in [0.15, 0.2) is 0 Å². The third-order valence-electron chi connectivity index (χ3n) is 4.45. The number of carbonyl (C=O) groups is 1.